The Balaban J connectivity index is 1.99. The Labute approximate surface area is 82.4 Å². The molecular weight excluding hydrogens is 180 g/mol. The Hall–Kier alpha value is -0.340. The molecule has 1 nitrogen and oxygen atoms in total. The van der Waals surface area contributed by atoms with Crippen molar-refractivity contribution in [2.45, 2.75) is 31.8 Å². The average molecular weight is 194 g/mol. The summed E-state index contributed by atoms with van der Waals surface area (Å²) in [7, 11) is 0. The average Bonchev–Trinajstić information content (AvgIpc) is 2.61. The van der Waals surface area contributed by atoms with Crippen molar-refractivity contribution in [2.24, 2.45) is 11.8 Å². The topological polar surface area (TPSA) is 20.2 Å². The van der Waals surface area contributed by atoms with Gasteiger partial charge >= 0.3 is 0 Å². The smallest absolute Gasteiger partial charge is 0.105 e. The monoisotopic (exact) mass is 194 g/mol. The molecule has 1 aromatic rings. The number of aryl methyl sites for hydroxylation is 1. The molecule has 0 spiro atoms. The molecule has 0 aliphatic heterocycles. The summed E-state index contributed by atoms with van der Waals surface area (Å²) in [6.07, 6.45) is 3.79. The normalized spacial score (nSPS) is 42.0. The van der Waals surface area contributed by atoms with Crippen LogP contribution < -0.4 is 0 Å². The number of hydrogen-bond acceptors (Lipinski definition) is 2. The van der Waals surface area contributed by atoms with Gasteiger partial charge in [0.1, 0.15) is 5.60 Å². The summed E-state index contributed by atoms with van der Waals surface area (Å²) in [6, 6.07) is 2.12. The van der Waals surface area contributed by atoms with Gasteiger partial charge in [-0.15, -0.1) is 11.3 Å². The molecule has 2 aliphatic rings. The number of thiophene rings is 1. The third kappa shape index (κ3) is 0.856. The first-order valence-electron chi connectivity index (χ1n) is 5.01. The van der Waals surface area contributed by atoms with Crippen LogP contribution in [0.15, 0.2) is 11.4 Å². The predicted octanol–water partition coefficient (Wildman–Crippen LogP) is 2.67. The van der Waals surface area contributed by atoms with Gasteiger partial charge in [0, 0.05) is 4.88 Å². The van der Waals surface area contributed by atoms with E-state index in [1.54, 1.807) is 11.3 Å². The zero-order chi connectivity index (χ0) is 9.05. The third-order valence-electron chi connectivity index (χ3n) is 3.76. The van der Waals surface area contributed by atoms with Crippen molar-refractivity contribution >= 4 is 11.3 Å². The third-order valence-corrected chi connectivity index (χ3v) is 4.92. The van der Waals surface area contributed by atoms with Crippen molar-refractivity contribution in [1.82, 2.24) is 0 Å². The highest BCUT2D eigenvalue weighted by molar-refractivity contribution is 7.10. The van der Waals surface area contributed by atoms with E-state index in [1.807, 2.05) is 0 Å². The summed E-state index contributed by atoms with van der Waals surface area (Å²) in [6.45, 7) is 2.11. The number of hydrogen-bond donors (Lipinski definition) is 1. The van der Waals surface area contributed by atoms with Gasteiger partial charge in [-0.3, -0.25) is 0 Å². The molecule has 1 aromatic heterocycles. The lowest BCUT2D eigenvalue weighted by atomic mass is 10.0. The summed E-state index contributed by atoms with van der Waals surface area (Å²) < 4.78 is 0. The van der Waals surface area contributed by atoms with E-state index in [0.29, 0.717) is 11.8 Å². The molecule has 13 heavy (non-hydrogen) atoms. The minimum absolute atomic E-state index is 0.406. The van der Waals surface area contributed by atoms with Gasteiger partial charge in [0.25, 0.3) is 0 Å². The molecule has 2 atom stereocenters. The van der Waals surface area contributed by atoms with Crippen LogP contribution in [0.2, 0.25) is 0 Å². The lowest BCUT2D eigenvalue weighted by Gasteiger charge is -2.13. The van der Waals surface area contributed by atoms with E-state index in [-0.39, 0.29) is 0 Å². The Bertz CT molecular complexity index is 332. The van der Waals surface area contributed by atoms with E-state index in [4.69, 9.17) is 0 Å². The maximum absolute atomic E-state index is 10.5. The summed E-state index contributed by atoms with van der Waals surface area (Å²) in [5.74, 6) is 1.18. The van der Waals surface area contributed by atoms with Crippen molar-refractivity contribution in [3.05, 3.63) is 21.9 Å². The maximum atomic E-state index is 10.5. The molecule has 0 radical (unpaired) electrons. The van der Waals surface area contributed by atoms with E-state index >= 15 is 0 Å². The standard InChI is InChI=1S/C11H14OS/c1-7-5-6-13-10(7)11(12)8-3-2-4-9(8)11/h5-6,8-9,12H,2-4H2,1H3. The Morgan fingerprint density at radius 3 is 2.69 bits per heavy atom. The number of aliphatic hydroxyl groups is 1. The highest BCUT2D eigenvalue weighted by atomic mass is 32.1. The molecule has 1 N–H and O–H groups in total. The first kappa shape index (κ1) is 8.01. The minimum Gasteiger partial charge on any atom is -0.384 e. The first-order chi connectivity index (χ1) is 6.24. The van der Waals surface area contributed by atoms with Crippen molar-refractivity contribution < 1.29 is 5.11 Å². The summed E-state index contributed by atoms with van der Waals surface area (Å²) in [5, 5.41) is 12.6. The Morgan fingerprint density at radius 1 is 1.46 bits per heavy atom. The second kappa shape index (κ2) is 2.37. The highest BCUT2D eigenvalue weighted by Crippen LogP contribution is 2.67. The second-order valence-electron chi connectivity index (χ2n) is 4.40. The van der Waals surface area contributed by atoms with Crippen LogP contribution in [0.5, 0.6) is 0 Å². The van der Waals surface area contributed by atoms with E-state index in [1.165, 1.54) is 29.7 Å². The predicted molar refractivity (Wildman–Crippen MR) is 53.8 cm³/mol. The largest absolute Gasteiger partial charge is 0.384 e. The Kier molecular flexibility index (Phi) is 1.46. The zero-order valence-corrected chi connectivity index (χ0v) is 8.60. The fourth-order valence-electron chi connectivity index (χ4n) is 3.04. The van der Waals surface area contributed by atoms with Gasteiger partial charge in [-0.25, -0.2) is 0 Å². The second-order valence-corrected chi connectivity index (χ2v) is 5.32. The van der Waals surface area contributed by atoms with Crippen LogP contribution in [0.1, 0.15) is 29.7 Å². The molecule has 2 unspecified atom stereocenters. The van der Waals surface area contributed by atoms with Gasteiger partial charge < -0.3 is 5.11 Å². The lowest BCUT2D eigenvalue weighted by Crippen LogP contribution is -2.12. The Morgan fingerprint density at radius 2 is 2.15 bits per heavy atom. The SMILES string of the molecule is Cc1ccsc1C1(O)C2CCCC21. The van der Waals surface area contributed by atoms with Gasteiger partial charge in [0.2, 0.25) is 0 Å². The van der Waals surface area contributed by atoms with Crippen molar-refractivity contribution in [3.63, 3.8) is 0 Å². The van der Waals surface area contributed by atoms with Crippen molar-refractivity contribution in [3.8, 4) is 0 Å². The van der Waals surface area contributed by atoms with E-state index in [9.17, 15) is 5.11 Å². The molecule has 0 saturated heterocycles. The summed E-state index contributed by atoms with van der Waals surface area (Å²) in [5.41, 5.74) is 0.873. The molecule has 3 rings (SSSR count). The fraction of sp³-hybridized carbons (Fsp3) is 0.636. The number of rotatable bonds is 1. The zero-order valence-electron chi connectivity index (χ0n) is 7.79. The van der Waals surface area contributed by atoms with E-state index < -0.39 is 5.60 Å². The lowest BCUT2D eigenvalue weighted by molar-refractivity contribution is 0.109. The molecule has 1 heterocycles. The molecule has 2 saturated carbocycles. The van der Waals surface area contributed by atoms with Crippen LogP contribution >= 0.6 is 11.3 Å². The van der Waals surface area contributed by atoms with Gasteiger partial charge in [-0.05, 0) is 48.6 Å². The van der Waals surface area contributed by atoms with E-state index in [2.05, 4.69) is 18.4 Å². The van der Waals surface area contributed by atoms with Gasteiger partial charge in [-0.1, -0.05) is 6.42 Å². The molecular formula is C11H14OS. The fourth-order valence-corrected chi connectivity index (χ4v) is 4.20. The van der Waals surface area contributed by atoms with Gasteiger partial charge in [0.05, 0.1) is 0 Å². The highest BCUT2D eigenvalue weighted by Gasteiger charge is 2.67. The summed E-state index contributed by atoms with van der Waals surface area (Å²) >= 11 is 1.73. The molecule has 70 valence electrons. The van der Waals surface area contributed by atoms with Crippen LogP contribution in [0, 0.1) is 18.8 Å². The van der Waals surface area contributed by atoms with Gasteiger partial charge in [-0.2, -0.15) is 0 Å². The molecule has 2 aliphatic carbocycles. The van der Waals surface area contributed by atoms with Crippen molar-refractivity contribution in [1.29, 1.82) is 0 Å². The molecule has 2 heteroatoms. The number of fused-ring (bicyclic) bond motifs is 1. The first-order valence-corrected chi connectivity index (χ1v) is 5.89. The van der Waals surface area contributed by atoms with Gasteiger partial charge in [0.15, 0.2) is 0 Å². The molecule has 2 fully saturated rings. The van der Waals surface area contributed by atoms with Crippen LogP contribution in [0.3, 0.4) is 0 Å². The van der Waals surface area contributed by atoms with Crippen LogP contribution in [0.4, 0.5) is 0 Å². The maximum Gasteiger partial charge on any atom is 0.105 e. The van der Waals surface area contributed by atoms with E-state index in [0.717, 1.165) is 0 Å². The van der Waals surface area contributed by atoms with Crippen molar-refractivity contribution in [2.75, 3.05) is 0 Å². The van der Waals surface area contributed by atoms with Crippen LogP contribution in [0.25, 0.3) is 0 Å². The van der Waals surface area contributed by atoms with Crippen LogP contribution in [-0.2, 0) is 5.60 Å². The molecule has 0 amide bonds. The van der Waals surface area contributed by atoms with Crippen LogP contribution in [-0.4, -0.2) is 5.11 Å². The minimum atomic E-state index is -0.406. The molecule has 0 bridgehead atoms. The molecule has 0 aromatic carbocycles. The quantitative estimate of drug-likeness (QED) is 0.728. The summed E-state index contributed by atoms with van der Waals surface area (Å²) in [4.78, 5) is 1.24.